The van der Waals surface area contributed by atoms with Gasteiger partial charge in [0.1, 0.15) is 0 Å². The summed E-state index contributed by atoms with van der Waals surface area (Å²) in [4.78, 5) is 15.2. The predicted octanol–water partition coefficient (Wildman–Crippen LogP) is 3.79. The number of rotatable bonds is 4. The molecule has 0 unspecified atom stereocenters. The molecule has 2 aromatic carbocycles. The van der Waals surface area contributed by atoms with Gasteiger partial charge in [-0.05, 0) is 47.7 Å². The van der Waals surface area contributed by atoms with Crippen LogP contribution in [0.5, 0.6) is 0 Å². The molecule has 3 aromatic rings. The van der Waals surface area contributed by atoms with Gasteiger partial charge in [0.25, 0.3) is 5.91 Å². The van der Waals surface area contributed by atoms with Crippen molar-refractivity contribution in [1.29, 1.82) is 0 Å². The molecule has 2 N–H and O–H groups in total. The molecular weight excluding hydrogens is 284 g/mol. The highest BCUT2D eigenvalue weighted by Crippen LogP contribution is 2.16. The minimum atomic E-state index is -0.136. The van der Waals surface area contributed by atoms with Crippen molar-refractivity contribution >= 4 is 28.4 Å². The van der Waals surface area contributed by atoms with Gasteiger partial charge in [-0.2, -0.15) is 0 Å². The minimum Gasteiger partial charge on any atom is -0.361 e. The number of nitrogens with one attached hydrogen (secondary N) is 2. The lowest BCUT2D eigenvalue weighted by Crippen LogP contribution is -2.25. The van der Waals surface area contributed by atoms with Gasteiger partial charge in [-0.25, -0.2) is 0 Å². The summed E-state index contributed by atoms with van der Waals surface area (Å²) in [7, 11) is 0. The van der Waals surface area contributed by atoms with Gasteiger partial charge in [-0.3, -0.25) is 4.79 Å². The van der Waals surface area contributed by atoms with E-state index in [4.69, 9.17) is 11.6 Å². The Morgan fingerprint density at radius 1 is 1.14 bits per heavy atom. The van der Waals surface area contributed by atoms with Crippen molar-refractivity contribution < 1.29 is 4.79 Å². The summed E-state index contributed by atoms with van der Waals surface area (Å²) in [5.41, 5.74) is 2.83. The second-order valence-electron chi connectivity index (χ2n) is 4.89. The van der Waals surface area contributed by atoms with Crippen LogP contribution < -0.4 is 5.32 Å². The quantitative estimate of drug-likeness (QED) is 0.756. The maximum absolute atomic E-state index is 12.0. The highest BCUT2D eigenvalue weighted by molar-refractivity contribution is 6.33. The number of H-pyrrole nitrogens is 1. The molecule has 1 heterocycles. The van der Waals surface area contributed by atoms with Crippen LogP contribution in [0, 0.1) is 0 Å². The van der Waals surface area contributed by atoms with Gasteiger partial charge in [0.05, 0.1) is 10.6 Å². The summed E-state index contributed by atoms with van der Waals surface area (Å²) >= 11 is 6.00. The summed E-state index contributed by atoms with van der Waals surface area (Å²) in [5, 5.41) is 4.56. The van der Waals surface area contributed by atoms with Crippen molar-refractivity contribution in [2.24, 2.45) is 0 Å². The third-order valence-corrected chi connectivity index (χ3v) is 3.77. The summed E-state index contributed by atoms with van der Waals surface area (Å²) < 4.78 is 0. The van der Waals surface area contributed by atoms with Crippen molar-refractivity contribution in [3.05, 3.63) is 70.9 Å². The van der Waals surface area contributed by atoms with E-state index < -0.39 is 0 Å². The second-order valence-corrected chi connectivity index (χ2v) is 5.29. The maximum Gasteiger partial charge on any atom is 0.252 e. The van der Waals surface area contributed by atoms with Crippen LogP contribution in [-0.4, -0.2) is 17.4 Å². The normalized spacial score (nSPS) is 10.7. The fourth-order valence-electron chi connectivity index (χ4n) is 2.32. The Morgan fingerprint density at radius 2 is 2.00 bits per heavy atom. The van der Waals surface area contributed by atoms with Crippen molar-refractivity contribution in [2.75, 3.05) is 6.54 Å². The van der Waals surface area contributed by atoms with E-state index in [1.807, 2.05) is 18.3 Å². The molecule has 0 saturated carbocycles. The van der Waals surface area contributed by atoms with E-state index in [1.54, 1.807) is 18.2 Å². The molecule has 0 saturated heterocycles. The third kappa shape index (κ3) is 3.09. The van der Waals surface area contributed by atoms with Crippen molar-refractivity contribution in [2.45, 2.75) is 6.42 Å². The Morgan fingerprint density at radius 3 is 2.86 bits per heavy atom. The zero-order chi connectivity index (χ0) is 14.7. The average Bonchev–Trinajstić information content (AvgIpc) is 2.95. The summed E-state index contributed by atoms with van der Waals surface area (Å²) in [5.74, 6) is -0.136. The van der Waals surface area contributed by atoms with E-state index in [1.165, 1.54) is 10.9 Å². The van der Waals surface area contributed by atoms with E-state index in [0.29, 0.717) is 17.1 Å². The SMILES string of the molecule is O=C(NCCc1ccc2[nH]ccc2c1)c1ccccc1Cl. The Bertz CT molecular complexity index is 779. The van der Waals surface area contributed by atoms with Gasteiger partial charge >= 0.3 is 0 Å². The van der Waals surface area contributed by atoms with Crippen LogP contribution in [0.1, 0.15) is 15.9 Å². The molecule has 0 aliphatic rings. The number of fused-ring (bicyclic) bond motifs is 1. The van der Waals surface area contributed by atoms with Crippen molar-refractivity contribution in [3.8, 4) is 0 Å². The van der Waals surface area contributed by atoms with Crippen molar-refractivity contribution in [1.82, 2.24) is 10.3 Å². The first-order chi connectivity index (χ1) is 10.2. The Hall–Kier alpha value is -2.26. The van der Waals surface area contributed by atoms with Gasteiger partial charge < -0.3 is 10.3 Å². The Labute approximate surface area is 127 Å². The van der Waals surface area contributed by atoms with Gasteiger partial charge in [0.15, 0.2) is 0 Å². The molecule has 0 fully saturated rings. The maximum atomic E-state index is 12.0. The fraction of sp³-hybridized carbons (Fsp3) is 0.118. The van der Waals surface area contributed by atoms with Crippen LogP contribution in [0.3, 0.4) is 0 Å². The molecule has 4 heteroatoms. The minimum absolute atomic E-state index is 0.136. The number of aromatic nitrogens is 1. The second kappa shape index (κ2) is 6.02. The van der Waals surface area contributed by atoms with Crippen LogP contribution in [0.15, 0.2) is 54.7 Å². The molecule has 0 aliphatic carbocycles. The lowest BCUT2D eigenvalue weighted by atomic mass is 10.1. The molecule has 3 nitrogen and oxygen atoms in total. The molecule has 0 radical (unpaired) electrons. The number of hydrogen-bond donors (Lipinski definition) is 2. The molecule has 0 bridgehead atoms. The first-order valence-electron chi connectivity index (χ1n) is 6.83. The zero-order valence-electron chi connectivity index (χ0n) is 11.4. The number of aromatic amines is 1. The summed E-state index contributed by atoms with van der Waals surface area (Å²) in [6.45, 7) is 0.583. The molecule has 0 atom stereocenters. The molecule has 3 rings (SSSR count). The monoisotopic (exact) mass is 298 g/mol. The van der Waals surface area contributed by atoms with Gasteiger partial charge in [-0.1, -0.05) is 29.8 Å². The number of carbonyl (C=O) groups excluding carboxylic acids is 1. The van der Waals surface area contributed by atoms with E-state index in [9.17, 15) is 4.79 Å². The highest BCUT2D eigenvalue weighted by Gasteiger charge is 2.08. The van der Waals surface area contributed by atoms with Crippen LogP contribution in [0.25, 0.3) is 10.9 Å². The van der Waals surface area contributed by atoms with E-state index in [2.05, 4.69) is 28.5 Å². The van der Waals surface area contributed by atoms with E-state index in [-0.39, 0.29) is 5.91 Å². The Balaban J connectivity index is 1.60. The van der Waals surface area contributed by atoms with Gasteiger partial charge in [0, 0.05) is 18.3 Å². The summed E-state index contributed by atoms with van der Waals surface area (Å²) in [6.07, 6.45) is 2.71. The van der Waals surface area contributed by atoms with Gasteiger partial charge in [0.2, 0.25) is 0 Å². The number of benzene rings is 2. The standard InChI is InChI=1S/C17H15ClN2O/c18-15-4-2-1-3-14(15)17(21)20-9-7-12-5-6-16-13(11-12)8-10-19-16/h1-6,8,10-11,19H,7,9H2,(H,20,21). The molecule has 1 amide bonds. The molecule has 21 heavy (non-hydrogen) atoms. The zero-order valence-corrected chi connectivity index (χ0v) is 12.2. The number of amides is 1. The highest BCUT2D eigenvalue weighted by atomic mass is 35.5. The van der Waals surface area contributed by atoms with Crippen LogP contribution in [0.4, 0.5) is 0 Å². The Kier molecular flexibility index (Phi) is 3.93. The number of hydrogen-bond acceptors (Lipinski definition) is 1. The lowest BCUT2D eigenvalue weighted by Gasteiger charge is -2.07. The van der Waals surface area contributed by atoms with Crippen LogP contribution >= 0.6 is 11.6 Å². The summed E-state index contributed by atoms with van der Waals surface area (Å²) in [6, 6.07) is 15.4. The first kappa shape index (κ1) is 13.7. The molecule has 106 valence electrons. The van der Waals surface area contributed by atoms with Crippen molar-refractivity contribution in [3.63, 3.8) is 0 Å². The molecule has 1 aromatic heterocycles. The van der Waals surface area contributed by atoms with Gasteiger partial charge in [-0.15, -0.1) is 0 Å². The fourth-order valence-corrected chi connectivity index (χ4v) is 2.54. The smallest absolute Gasteiger partial charge is 0.252 e. The first-order valence-corrected chi connectivity index (χ1v) is 7.20. The predicted molar refractivity (Wildman–Crippen MR) is 85.8 cm³/mol. The van der Waals surface area contributed by atoms with E-state index in [0.717, 1.165) is 11.9 Å². The average molecular weight is 299 g/mol. The van der Waals surface area contributed by atoms with Crippen LogP contribution in [0.2, 0.25) is 5.02 Å². The molecule has 0 aliphatic heterocycles. The lowest BCUT2D eigenvalue weighted by molar-refractivity contribution is 0.0954. The third-order valence-electron chi connectivity index (χ3n) is 3.44. The number of halogens is 1. The van der Waals surface area contributed by atoms with E-state index >= 15 is 0 Å². The topological polar surface area (TPSA) is 44.9 Å². The van der Waals surface area contributed by atoms with Crippen LogP contribution in [-0.2, 0) is 6.42 Å². The molecule has 0 spiro atoms. The molecular formula is C17H15ClN2O. The largest absolute Gasteiger partial charge is 0.361 e. The number of carbonyl (C=O) groups is 1.